The molecule has 1 rings (SSSR count). The second-order valence-corrected chi connectivity index (χ2v) is 5.05. The van der Waals surface area contributed by atoms with Gasteiger partial charge in [-0.15, -0.1) is 0 Å². The first-order valence-electron chi connectivity index (χ1n) is 6.83. The molecule has 1 unspecified atom stereocenters. The van der Waals surface area contributed by atoms with Crippen molar-refractivity contribution >= 4 is 11.9 Å². The molecule has 0 bridgehead atoms. The van der Waals surface area contributed by atoms with E-state index in [0.717, 1.165) is 6.08 Å². The molecule has 6 nitrogen and oxygen atoms in total. The quantitative estimate of drug-likeness (QED) is 0.637. The summed E-state index contributed by atoms with van der Waals surface area (Å²) in [7, 11) is 0. The molecule has 114 valence electrons. The van der Waals surface area contributed by atoms with E-state index in [-0.39, 0.29) is 18.9 Å². The lowest BCUT2D eigenvalue weighted by atomic mass is 10.1. The third-order valence-corrected chi connectivity index (χ3v) is 3.14. The van der Waals surface area contributed by atoms with Crippen LogP contribution in [0.4, 0.5) is 0 Å². The van der Waals surface area contributed by atoms with Gasteiger partial charge in [-0.3, -0.25) is 4.79 Å². The van der Waals surface area contributed by atoms with Crippen LogP contribution in [-0.4, -0.2) is 46.6 Å². The van der Waals surface area contributed by atoms with Crippen LogP contribution in [0.2, 0.25) is 0 Å². The highest BCUT2D eigenvalue weighted by molar-refractivity contribution is 5.82. The van der Waals surface area contributed by atoms with Gasteiger partial charge in [0.15, 0.2) is 0 Å². The molecule has 20 heavy (non-hydrogen) atoms. The lowest BCUT2D eigenvalue weighted by Crippen LogP contribution is -2.29. The maximum atomic E-state index is 11.5. The van der Waals surface area contributed by atoms with Crippen molar-refractivity contribution in [3.05, 3.63) is 12.2 Å². The molecule has 0 aromatic heterocycles. The molecule has 0 amide bonds. The van der Waals surface area contributed by atoms with Crippen LogP contribution in [0, 0.1) is 0 Å². The minimum atomic E-state index is -0.928. The van der Waals surface area contributed by atoms with Crippen molar-refractivity contribution in [2.75, 3.05) is 0 Å². The first-order valence-corrected chi connectivity index (χ1v) is 6.83. The number of ether oxygens (including phenoxy) is 2. The van der Waals surface area contributed by atoms with Crippen molar-refractivity contribution in [3.63, 3.8) is 0 Å². The predicted molar refractivity (Wildman–Crippen MR) is 70.7 cm³/mol. The molecule has 1 aliphatic rings. The second-order valence-electron chi connectivity index (χ2n) is 5.05. The Kier molecular flexibility index (Phi) is 6.67. The van der Waals surface area contributed by atoms with Crippen molar-refractivity contribution in [3.8, 4) is 0 Å². The summed E-state index contributed by atoms with van der Waals surface area (Å²) >= 11 is 0. The summed E-state index contributed by atoms with van der Waals surface area (Å²) in [6.07, 6.45) is 0.833. The summed E-state index contributed by atoms with van der Waals surface area (Å²) in [5, 5.41) is 19.4. The van der Waals surface area contributed by atoms with E-state index in [4.69, 9.17) is 9.47 Å². The molecule has 0 aromatic carbocycles. The fourth-order valence-corrected chi connectivity index (χ4v) is 1.84. The van der Waals surface area contributed by atoms with Crippen LogP contribution in [0.5, 0.6) is 0 Å². The Labute approximate surface area is 118 Å². The third kappa shape index (κ3) is 6.16. The number of rotatable bonds is 0. The van der Waals surface area contributed by atoms with Gasteiger partial charge in [-0.25, -0.2) is 4.79 Å². The minimum absolute atomic E-state index is 0.0613. The van der Waals surface area contributed by atoms with E-state index < -0.39 is 30.3 Å². The lowest BCUT2D eigenvalue weighted by Gasteiger charge is -2.20. The fourth-order valence-electron chi connectivity index (χ4n) is 1.84. The van der Waals surface area contributed by atoms with Gasteiger partial charge in [0.2, 0.25) is 0 Å². The normalized spacial score (nSPS) is 35.6. The molecule has 0 saturated carbocycles. The highest BCUT2D eigenvalue weighted by Crippen LogP contribution is 2.12. The van der Waals surface area contributed by atoms with Crippen molar-refractivity contribution in [2.24, 2.45) is 0 Å². The molecular formula is C14H22O6. The zero-order valence-electron chi connectivity index (χ0n) is 11.8. The van der Waals surface area contributed by atoms with Gasteiger partial charge in [0.25, 0.3) is 0 Å². The maximum Gasteiger partial charge on any atom is 0.330 e. The monoisotopic (exact) mass is 286 g/mol. The highest BCUT2D eigenvalue weighted by atomic mass is 16.6. The third-order valence-electron chi connectivity index (χ3n) is 3.14. The molecule has 4 atom stereocenters. The van der Waals surface area contributed by atoms with E-state index in [9.17, 15) is 19.8 Å². The maximum absolute atomic E-state index is 11.5. The van der Waals surface area contributed by atoms with Gasteiger partial charge in [0, 0.05) is 12.5 Å². The molecule has 0 aliphatic carbocycles. The summed E-state index contributed by atoms with van der Waals surface area (Å²) in [5.74, 6) is -1.03. The molecule has 0 saturated heterocycles. The molecule has 0 fully saturated rings. The first-order chi connectivity index (χ1) is 9.38. The van der Waals surface area contributed by atoms with Crippen LogP contribution < -0.4 is 0 Å². The number of carbonyl (C=O) groups is 2. The fraction of sp³-hybridized carbons (Fsp3) is 0.714. The van der Waals surface area contributed by atoms with Gasteiger partial charge < -0.3 is 19.7 Å². The summed E-state index contributed by atoms with van der Waals surface area (Å²) in [4.78, 5) is 23.0. The van der Waals surface area contributed by atoms with Crippen LogP contribution in [0.15, 0.2) is 12.2 Å². The van der Waals surface area contributed by atoms with Crippen LogP contribution in [0.3, 0.4) is 0 Å². The number of esters is 2. The number of hydrogen-bond donors (Lipinski definition) is 2. The van der Waals surface area contributed by atoms with Gasteiger partial charge in [-0.05, 0) is 39.2 Å². The van der Waals surface area contributed by atoms with Crippen molar-refractivity contribution in [2.45, 2.75) is 63.9 Å². The molecule has 1 heterocycles. The Hall–Kier alpha value is -1.40. The molecule has 2 N–H and O–H groups in total. The van der Waals surface area contributed by atoms with Crippen LogP contribution in [0.25, 0.3) is 0 Å². The summed E-state index contributed by atoms with van der Waals surface area (Å²) in [6, 6.07) is 0. The number of carbonyl (C=O) groups excluding carboxylic acids is 2. The predicted octanol–water partition coefficient (Wildman–Crippen LogP) is 0.702. The van der Waals surface area contributed by atoms with E-state index in [1.807, 2.05) is 0 Å². The lowest BCUT2D eigenvalue weighted by molar-refractivity contribution is -0.151. The zero-order valence-corrected chi connectivity index (χ0v) is 11.8. The molecule has 0 radical (unpaired) electrons. The summed E-state index contributed by atoms with van der Waals surface area (Å²) < 4.78 is 10.1. The van der Waals surface area contributed by atoms with E-state index >= 15 is 0 Å². The van der Waals surface area contributed by atoms with E-state index in [1.54, 1.807) is 13.8 Å². The van der Waals surface area contributed by atoms with Gasteiger partial charge in [0.05, 0.1) is 18.3 Å². The smallest absolute Gasteiger partial charge is 0.330 e. The standard InChI is InChI=1S/C14H22O6/c1-9-3-4-11(15)5-7-14(18)20-10(2)12(16)6-8-13(17)19-9/h5,7,9-12,15-16H,3-4,6,8H2,1-2H3/b7-5+/t9?,10-,11-,12-/m1/s1. The van der Waals surface area contributed by atoms with Gasteiger partial charge >= 0.3 is 11.9 Å². The Bertz CT molecular complexity index is 365. The van der Waals surface area contributed by atoms with Crippen molar-refractivity contribution in [1.29, 1.82) is 0 Å². The summed E-state index contributed by atoms with van der Waals surface area (Å²) in [6.45, 7) is 3.29. The number of hydrogen-bond acceptors (Lipinski definition) is 6. The average Bonchev–Trinajstić information content (AvgIpc) is 2.39. The van der Waals surface area contributed by atoms with Crippen molar-refractivity contribution < 1.29 is 29.3 Å². The Morgan fingerprint density at radius 2 is 1.80 bits per heavy atom. The Balaban J connectivity index is 2.71. The van der Waals surface area contributed by atoms with E-state index in [0.29, 0.717) is 12.8 Å². The number of aliphatic hydroxyl groups is 2. The second kappa shape index (κ2) is 8.01. The zero-order chi connectivity index (χ0) is 15.1. The van der Waals surface area contributed by atoms with Crippen LogP contribution >= 0.6 is 0 Å². The summed E-state index contributed by atoms with van der Waals surface area (Å²) in [5.41, 5.74) is 0. The van der Waals surface area contributed by atoms with Gasteiger partial charge in [-0.1, -0.05) is 0 Å². The average molecular weight is 286 g/mol. The molecule has 6 heteroatoms. The molecule has 1 aliphatic heterocycles. The van der Waals surface area contributed by atoms with E-state index in [1.165, 1.54) is 6.08 Å². The van der Waals surface area contributed by atoms with E-state index in [2.05, 4.69) is 0 Å². The largest absolute Gasteiger partial charge is 0.463 e. The van der Waals surface area contributed by atoms with Crippen molar-refractivity contribution in [1.82, 2.24) is 0 Å². The number of aliphatic hydroxyl groups excluding tert-OH is 2. The molecule has 0 spiro atoms. The Morgan fingerprint density at radius 3 is 2.50 bits per heavy atom. The van der Waals surface area contributed by atoms with Crippen LogP contribution in [0.1, 0.15) is 39.5 Å². The van der Waals surface area contributed by atoms with Gasteiger partial charge in [-0.2, -0.15) is 0 Å². The first kappa shape index (κ1) is 16.7. The topological polar surface area (TPSA) is 93.1 Å². The molecular weight excluding hydrogens is 264 g/mol. The Morgan fingerprint density at radius 1 is 1.10 bits per heavy atom. The SMILES string of the molecule is CC1CC[C@@H](O)/C=C/C(=O)O[C@H](C)[C@H](O)CCC(=O)O1. The van der Waals surface area contributed by atoms with Gasteiger partial charge in [0.1, 0.15) is 6.10 Å². The number of cyclic esters (lactones) is 2. The van der Waals surface area contributed by atoms with Crippen LogP contribution in [-0.2, 0) is 19.1 Å². The highest BCUT2D eigenvalue weighted by Gasteiger charge is 2.20. The molecule has 0 aromatic rings. The minimum Gasteiger partial charge on any atom is -0.463 e.